The Labute approximate surface area is 86.4 Å². The predicted octanol–water partition coefficient (Wildman–Crippen LogP) is 1.31. The predicted molar refractivity (Wildman–Crippen MR) is 58.8 cm³/mol. The molecule has 1 rings (SSSR count). The standard InChI is InChI=1S/C12H19NO/c1-5-6-7-12(14)8-9(2)13-11(4)10(12)3/h5,9-11,13-14H,1,8H2,2-4H3. The van der Waals surface area contributed by atoms with E-state index in [1.165, 1.54) is 6.08 Å². The third kappa shape index (κ3) is 2.17. The summed E-state index contributed by atoms with van der Waals surface area (Å²) in [5, 5.41) is 13.8. The van der Waals surface area contributed by atoms with Crippen LogP contribution in [0, 0.1) is 17.8 Å². The van der Waals surface area contributed by atoms with E-state index in [1.807, 2.05) is 6.92 Å². The summed E-state index contributed by atoms with van der Waals surface area (Å²) in [6.45, 7) is 9.72. The molecule has 0 amide bonds. The average molecular weight is 193 g/mol. The van der Waals surface area contributed by atoms with Gasteiger partial charge in [-0.05, 0) is 19.9 Å². The summed E-state index contributed by atoms with van der Waals surface area (Å²) in [6.07, 6.45) is 2.21. The van der Waals surface area contributed by atoms with Gasteiger partial charge in [0.05, 0.1) is 0 Å². The number of piperidine rings is 1. The van der Waals surface area contributed by atoms with Gasteiger partial charge in [-0.3, -0.25) is 0 Å². The van der Waals surface area contributed by atoms with Crippen LogP contribution in [0.2, 0.25) is 0 Å². The fraction of sp³-hybridized carbons (Fsp3) is 0.667. The molecule has 1 heterocycles. The fourth-order valence-electron chi connectivity index (χ4n) is 2.06. The monoisotopic (exact) mass is 193 g/mol. The Balaban J connectivity index is 2.88. The molecule has 2 N–H and O–H groups in total. The maximum absolute atomic E-state index is 10.4. The molecule has 4 atom stereocenters. The largest absolute Gasteiger partial charge is 0.377 e. The molecule has 0 aliphatic carbocycles. The van der Waals surface area contributed by atoms with Crippen LogP contribution < -0.4 is 5.32 Å². The molecule has 0 bridgehead atoms. The van der Waals surface area contributed by atoms with Crippen LogP contribution >= 0.6 is 0 Å². The van der Waals surface area contributed by atoms with E-state index in [2.05, 4.69) is 37.6 Å². The summed E-state index contributed by atoms with van der Waals surface area (Å²) in [4.78, 5) is 0. The normalized spacial score (nSPS) is 42.4. The summed E-state index contributed by atoms with van der Waals surface area (Å²) in [7, 11) is 0. The first kappa shape index (κ1) is 11.3. The number of allylic oxidation sites excluding steroid dienone is 1. The van der Waals surface area contributed by atoms with E-state index in [4.69, 9.17) is 0 Å². The molecule has 78 valence electrons. The highest BCUT2D eigenvalue weighted by Crippen LogP contribution is 2.29. The van der Waals surface area contributed by atoms with Gasteiger partial charge in [0.25, 0.3) is 0 Å². The number of hydrogen-bond donors (Lipinski definition) is 2. The Morgan fingerprint density at radius 3 is 2.71 bits per heavy atom. The van der Waals surface area contributed by atoms with Gasteiger partial charge in [0, 0.05) is 24.4 Å². The summed E-state index contributed by atoms with van der Waals surface area (Å²) in [5.74, 6) is 5.82. The van der Waals surface area contributed by atoms with Crippen LogP contribution in [0.4, 0.5) is 0 Å². The van der Waals surface area contributed by atoms with Gasteiger partial charge in [-0.15, -0.1) is 0 Å². The average Bonchev–Trinajstić information content (AvgIpc) is 2.11. The Bertz CT molecular complexity index is 276. The Kier molecular flexibility index (Phi) is 3.36. The lowest BCUT2D eigenvalue weighted by molar-refractivity contribution is -0.0117. The van der Waals surface area contributed by atoms with E-state index in [0.717, 1.165) is 0 Å². The molecule has 1 aliphatic rings. The molecular formula is C12H19NO. The molecule has 0 radical (unpaired) electrons. The highest BCUT2D eigenvalue weighted by molar-refractivity contribution is 5.24. The van der Waals surface area contributed by atoms with E-state index in [9.17, 15) is 5.11 Å². The van der Waals surface area contributed by atoms with E-state index in [0.29, 0.717) is 18.5 Å². The molecule has 0 spiro atoms. The lowest BCUT2D eigenvalue weighted by Crippen LogP contribution is -2.56. The second kappa shape index (κ2) is 4.16. The van der Waals surface area contributed by atoms with Crippen molar-refractivity contribution in [3.63, 3.8) is 0 Å². The molecule has 1 fully saturated rings. The molecule has 0 aromatic rings. The molecule has 1 aliphatic heterocycles. The van der Waals surface area contributed by atoms with Gasteiger partial charge in [0.2, 0.25) is 0 Å². The minimum Gasteiger partial charge on any atom is -0.377 e. The third-order valence-corrected chi connectivity index (χ3v) is 3.06. The molecule has 1 saturated heterocycles. The van der Waals surface area contributed by atoms with Crippen LogP contribution in [0.1, 0.15) is 27.2 Å². The van der Waals surface area contributed by atoms with Crippen molar-refractivity contribution in [3.05, 3.63) is 12.7 Å². The maximum atomic E-state index is 10.4. The fourth-order valence-corrected chi connectivity index (χ4v) is 2.06. The van der Waals surface area contributed by atoms with Crippen LogP contribution in [-0.2, 0) is 0 Å². The Morgan fingerprint density at radius 1 is 1.50 bits per heavy atom. The van der Waals surface area contributed by atoms with Gasteiger partial charge in [-0.25, -0.2) is 0 Å². The minimum atomic E-state index is -0.863. The third-order valence-electron chi connectivity index (χ3n) is 3.06. The summed E-state index contributed by atoms with van der Waals surface area (Å²) in [6, 6.07) is 0.605. The summed E-state index contributed by atoms with van der Waals surface area (Å²) >= 11 is 0. The van der Waals surface area contributed by atoms with Crippen LogP contribution in [0.25, 0.3) is 0 Å². The summed E-state index contributed by atoms with van der Waals surface area (Å²) < 4.78 is 0. The van der Waals surface area contributed by atoms with Gasteiger partial charge in [-0.2, -0.15) is 0 Å². The van der Waals surface area contributed by atoms with Gasteiger partial charge in [-0.1, -0.05) is 25.3 Å². The van der Waals surface area contributed by atoms with E-state index < -0.39 is 5.60 Å². The van der Waals surface area contributed by atoms with E-state index >= 15 is 0 Å². The van der Waals surface area contributed by atoms with Crippen molar-refractivity contribution in [1.82, 2.24) is 5.32 Å². The van der Waals surface area contributed by atoms with Crippen LogP contribution in [0.3, 0.4) is 0 Å². The van der Waals surface area contributed by atoms with Crippen molar-refractivity contribution in [2.24, 2.45) is 5.92 Å². The molecule has 2 nitrogen and oxygen atoms in total. The zero-order valence-corrected chi connectivity index (χ0v) is 9.17. The number of aliphatic hydroxyl groups is 1. The first-order valence-electron chi connectivity index (χ1n) is 5.11. The molecular weight excluding hydrogens is 174 g/mol. The first-order valence-corrected chi connectivity index (χ1v) is 5.11. The number of rotatable bonds is 0. The topological polar surface area (TPSA) is 32.3 Å². The lowest BCUT2D eigenvalue weighted by Gasteiger charge is -2.42. The van der Waals surface area contributed by atoms with Crippen LogP contribution in [0.15, 0.2) is 12.7 Å². The highest BCUT2D eigenvalue weighted by atomic mass is 16.3. The van der Waals surface area contributed by atoms with Crippen molar-refractivity contribution >= 4 is 0 Å². The Morgan fingerprint density at radius 2 is 2.14 bits per heavy atom. The van der Waals surface area contributed by atoms with Gasteiger partial charge in [0.15, 0.2) is 0 Å². The Hall–Kier alpha value is -0.780. The highest BCUT2D eigenvalue weighted by Gasteiger charge is 2.41. The molecule has 0 saturated carbocycles. The lowest BCUT2D eigenvalue weighted by atomic mass is 9.76. The molecule has 0 aromatic heterocycles. The van der Waals surface area contributed by atoms with Crippen molar-refractivity contribution in [3.8, 4) is 11.8 Å². The van der Waals surface area contributed by atoms with Crippen molar-refractivity contribution in [2.45, 2.75) is 44.9 Å². The van der Waals surface area contributed by atoms with Gasteiger partial charge >= 0.3 is 0 Å². The maximum Gasteiger partial charge on any atom is 0.131 e. The first-order chi connectivity index (χ1) is 6.49. The van der Waals surface area contributed by atoms with Crippen LogP contribution in [-0.4, -0.2) is 22.8 Å². The zero-order valence-electron chi connectivity index (χ0n) is 9.17. The van der Waals surface area contributed by atoms with Crippen molar-refractivity contribution in [2.75, 3.05) is 0 Å². The van der Waals surface area contributed by atoms with Crippen molar-refractivity contribution in [1.29, 1.82) is 0 Å². The van der Waals surface area contributed by atoms with Crippen molar-refractivity contribution < 1.29 is 5.11 Å². The molecule has 14 heavy (non-hydrogen) atoms. The van der Waals surface area contributed by atoms with Crippen LogP contribution in [0.5, 0.6) is 0 Å². The SMILES string of the molecule is C=CC#CC1(O)CC(C)NC(C)C1C. The second-order valence-corrected chi connectivity index (χ2v) is 4.25. The van der Waals surface area contributed by atoms with E-state index in [-0.39, 0.29) is 5.92 Å². The molecule has 0 aromatic carbocycles. The second-order valence-electron chi connectivity index (χ2n) is 4.25. The molecule has 4 unspecified atom stereocenters. The quantitative estimate of drug-likeness (QED) is 0.569. The van der Waals surface area contributed by atoms with Gasteiger partial charge in [0.1, 0.15) is 5.60 Å². The van der Waals surface area contributed by atoms with E-state index in [1.54, 1.807) is 0 Å². The number of hydrogen-bond acceptors (Lipinski definition) is 2. The zero-order chi connectivity index (χ0) is 10.8. The summed E-state index contributed by atoms with van der Waals surface area (Å²) in [5.41, 5.74) is -0.863. The smallest absolute Gasteiger partial charge is 0.131 e. The minimum absolute atomic E-state index is 0.145. The molecule has 2 heteroatoms. The van der Waals surface area contributed by atoms with Gasteiger partial charge < -0.3 is 10.4 Å². The number of nitrogens with one attached hydrogen (secondary N) is 1.